The Morgan fingerprint density at radius 3 is 2.86 bits per heavy atom. The number of rotatable bonds is 1. The fourth-order valence-electron chi connectivity index (χ4n) is 2.35. The number of benzene rings is 2. The number of carbonyl (C=O) groups is 1. The van der Waals surface area contributed by atoms with Gasteiger partial charge in [0.2, 0.25) is 0 Å². The summed E-state index contributed by atoms with van der Waals surface area (Å²) in [4.78, 5) is 18.8. The number of hydrogen-bond donors (Lipinski definition) is 1. The fourth-order valence-corrected chi connectivity index (χ4v) is 2.57. The normalized spacial score (nSPS) is 13.7. The first-order chi connectivity index (χ1) is 10.2. The maximum atomic E-state index is 12.8. The molecule has 0 saturated carbocycles. The third-order valence-electron chi connectivity index (χ3n) is 3.37. The van der Waals surface area contributed by atoms with Crippen LogP contribution in [0.25, 0.3) is 0 Å². The molecule has 2 aromatic carbocycles. The second-order valence-electron chi connectivity index (χ2n) is 4.79. The molecule has 0 spiro atoms. The van der Waals surface area contributed by atoms with E-state index in [2.05, 4.69) is 4.99 Å². The molecule has 1 aliphatic heterocycles. The molecule has 0 unspecified atom stereocenters. The van der Waals surface area contributed by atoms with E-state index in [0.29, 0.717) is 29.4 Å². The van der Waals surface area contributed by atoms with Gasteiger partial charge in [-0.2, -0.15) is 0 Å². The van der Waals surface area contributed by atoms with E-state index in [0.717, 1.165) is 11.3 Å². The molecule has 21 heavy (non-hydrogen) atoms. The van der Waals surface area contributed by atoms with E-state index in [1.165, 1.54) is 0 Å². The number of halogens is 1. The average molecular weight is 300 g/mol. The summed E-state index contributed by atoms with van der Waals surface area (Å²) in [5.74, 6) is -0.128. The molecular weight excluding hydrogens is 286 g/mol. The van der Waals surface area contributed by atoms with Crippen LogP contribution in [0.3, 0.4) is 0 Å². The van der Waals surface area contributed by atoms with Crippen molar-refractivity contribution >= 4 is 35.1 Å². The quantitative estimate of drug-likeness (QED) is 0.823. The Kier molecular flexibility index (Phi) is 3.62. The van der Waals surface area contributed by atoms with Gasteiger partial charge in [0.25, 0.3) is 5.91 Å². The van der Waals surface area contributed by atoms with Crippen LogP contribution in [0.1, 0.15) is 15.9 Å². The summed E-state index contributed by atoms with van der Waals surface area (Å²) in [6.45, 7) is 1.06. The van der Waals surface area contributed by atoms with Gasteiger partial charge in [0.15, 0.2) is 0 Å². The standard InChI is InChI=1S/C16H14ClN3O/c17-14-4-2-1-3-13(14)16(21)20-8-7-19-10-11-9-12(18)5-6-15(11)20/h1-6,9-10H,7-8,18H2. The number of carbonyl (C=O) groups excluding carboxylic acids is 1. The van der Waals surface area contributed by atoms with Crippen molar-refractivity contribution in [2.24, 2.45) is 4.99 Å². The van der Waals surface area contributed by atoms with Crippen LogP contribution in [0.5, 0.6) is 0 Å². The van der Waals surface area contributed by atoms with E-state index in [1.807, 2.05) is 12.1 Å². The molecule has 106 valence electrons. The van der Waals surface area contributed by atoms with Crippen molar-refractivity contribution in [2.45, 2.75) is 0 Å². The molecule has 0 atom stereocenters. The van der Waals surface area contributed by atoms with Crippen LogP contribution in [0, 0.1) is 0 Å². The number of benzodiazepines with no additional fused rings is 1. The second kappa shape index (κ2) is 5.58. The van der Waals surface area contributed by atoms with Crippen LogP contribution in [-0.2, 0) is 0 Å². The number of aliphatic imine (C=N–C) groups is 1. The average Bonchev–Trinajstić information content (AvgIpc) is 2.69. The predicted molar refractivity (Wildman–Crippen MR) is 86.4 cm³/mol. The van der Waals surface area contributed by atoms with Gasteiger partial charge < -0.3 is 10.6 Å². The van der Waals surface area contributed by atoms with Crippen molar-refractivity contribution in [3.63, 3.8) is 0 Å². The highest BCUT2D eigenvalue weighted by Gasteiger charge is 2.22. The number of anilines is 2. The summed E-state index contributed by atoms with van der Waals surface area (Å²) >= 11 is 6.13. The summed E-state index contributed by atoms with van der Waals surface area (Å²) in [5, 5.41) is 0.449. The van der Waals surface area contributed by atoms with Crippen LogP contribution >= 0.6 is 11.6 Å². The summed E-state index contributed by atoms with van der Waals surface area (Å²) in [5.41, 5.74) is 8.58. The highest BCUT2D eigenvalue weighted by molar-refractivity contribution is 6.34. The zero-order chi connectivity index (χ0) is 14.8. The van der Waals surface area contributed by atoms with Gasteiger partial charge in [0.1, 0.15) is 0 Å². The van der Waals surface area contributed by atoms with Crippen molar-refractivity contribution in [1.29, 1.82) is 0 Å². The van der Waals surface area contributed by atoms with Crippen LogP contribution in [0.4, 0.5) is 11.4 Å². The van der Waals surface area contributed by atoms with E-state index in [-0.39, 0.29) is 5.91 Å². The van der Waals surface area contributed by atoms with Crippen LogP contribution in [0.15, 0.2) is 47.5 Å². The first-order valence-corrected chi connectivity index (χ1v) is 7.00. The first-order valence-electron chi connectivity index (χ1n) is 6.62. The van der Waals surface area contributed by atoms with Gasteiger partial charge in [0.05, 0.1) is 22.8 Å². The van der Waals surface area contributed by atoms with Crippen molar-refractivity contribution in [3.8, 4) is 0 Å². The molecule has 2 N–H and O–H groups in total. The summed E-state index contributed by atoms with van der Waals surface area (Å²) in [7, 11) is 0. The van der Waals surface area contributed by atoms with Gasteiger partial charge in [-0.05, 0) is 30.3 Å². The molecule has 1 heterocycles. The summed E-state index contributed by atoms with van der Waals surface area (Å²) in [6, 6.07) is 12.5. The minimum absolute atomic E-state index is 0.128. The second-order valence-corrected chi connectivity index (χ2v) is 5.20. The minimum atomic E-state index is -0.128. The third kappa shape index (κ3) is 2.62. The lowest BCUT2D eigenvalue weighted by Gasteiger charge is -2.23. The van der Waals surface area contributed by atoms with Crippen molar-refractivity contribution in [2.75, 3.05) is 23.7 Å². The van der Waals surface area contributed by atoms with Gasteiger partial charge >= 0.3 is 0 Å². The van der Waals surface area contributed by atoms with Gasteiger partial charge in [-0.1, -0.05) is 23.7 Å². The van der Waals surface area contributed by atoms with E-state index in [4.69, 9.17) is 17.3 Å². The molecule has 0 aliphatic carbocycles. The number of nitrogens with zero attached hydrogens (tertiary/aromatic N) is 2. The van der Waals surface area contributed by atoms with E-state index >= 15 is 0 Å². The number of nitrogen functional groups attached to an aromatic ring is 1. The minimum Gasteiger partial charge on any atom is -0.399 e. The lowest BCUT2D eigenvalue weighted by molar-refractivity contribution is 0.0988. The Bertz CT molecular complexity index is 727. The highest BCUT2D eigenvalue weighted by Crippen LogP contribution is 2.27. The molecule has 0 radical (unpaired) electrons. The molecular formula is C16H14ClN3O. The van der Waals surface area contributed by atoms with E-state index in [1.54, 1.807) is 41.4 Å². The largest absolute Gasteiger partial charge is 0.399 e. The van der Waals surface area contributed by atoms with Crippen molar-refractivity contribution in [3.05, 3.63) is 58.6 Å². The molecule has 0 fully saturated rings. The maximum Gasteiger partial charge on any atom is 0.259 e. The van der Waals surface area contributed by atoms with Gasteiger partial charge in [-0.15, -0.1) is 0 Å². The maximum absolute atomic E-state index is 12.8. The Morgan fingerprint density at radius 1 is 1.24 bits per heavy atom. The zero-order valence-corrected chi connectivity index (χ0v) is 12.0. The predicted octanol–water partition coefficient (Wildman–Crippen LogP) is 3.00. The van der Waals surface area contributed by atoms with Crippen LogP contribution < -0.4 is 10.6 Å². The van der Waals surface area contributed by atoms with Gasteiger partial charge in [-0.3, -0.25) is 9.79 Å². The number of hydrogen-bond acceptors (Lipinski definition) is 3. The number of amides is 1. The van der Waals surface area contributed by atoms with Crippen LogP contribution in [0.2, 0.25) is 5.02 Å². The highest BCUT2D eigenvalue weighted by atomic mass is 35.5. The Hall–Kier alpha value is -2.33. The van der Waals surface area contributed by atoms with E-state index in [9.17, 15) is 4.79 Å². The number of nitrogens with two attached hydrogens (primary N) is 1. The summed E-state index contributed by atoms with van der Waals surface area (Å²) in [6.07, 6.45) is 1.76. The molecule has 0 aromatic heterocycles. The summed E-state index contributed by atoms with van der Waals surface area (Å²) < 4.78 is 0. The molecule has 2 aromatic rings. The monoisotopic (exact) mass is 299 g/mol. The smallest absolute Gasteiger partial charge is 0.259 e. The Morgan fingerprint density at radius 2 is 2.05 bits per heavy atom. The number of fused-ring (bicyclic) bond motifs is 1. The van der Waals surface area contributed by atoms with E-state index < -0.39 is 0 Å². The van der Waals surface area contributed by atoms with Gasteiger partial charge in [-0.25, -0.2) is 0 Å². The zero-order valence-electron chi connectivity index (χ0n) is 11.3. The van der Waals surface area contributed by atoms with Crippen molar-refractivity contribution in [1.82, 2.24) is 0 Å². The topological polar surface area (TPSA) is 58.7 Å². The molecule has 5 heteroatoms. The molecule has 1 amide bonds. The lowest BCUT2D eigenvalue weighted by atomic mass is 10.1. The fraction of sp³-hybridized carbons (Fsp3) is 0.125. The lowest BCUT2D eigenvalue weighted by Crippen LogP contribution is -2.33. The molecule has 4 nitrogen and oxygen atoms in total. The van der Waals surface area contributed by atoms with Gasteiger partial charge in [0, 0.05) is 24.0 Å². The third-order valence-corrected chi connectivity index (χ3v) is 3.70. The SMILES string of the molecule is Nc1ccc2c(c1)C=NCCN2C(=O)c1ccccc1Cl. The molecule has 1 aliphatic rings. The Balaban J connectivity index is 2.05. The molecule has 0 saturated heterocycles. The van der Waals surface area contributed by atoms with Crippen LogP contribution in [-0.4, -0.2) is 25.2 Å². The Labute approximate surface area is 127 Å². The van der Waals surface area contributed by atoms with Crippen molar-refractivity contribution < 1.29 is 4.79 Å². The molecule has 0 bridgehead atoms. The molecule has 3 rings (SSSR count). The first kappa shape index (κ1) is 13.6.